The molecule has 0 aromatic carbocycles. The van der Waals surface area contributed by atoms with Crippen molar-refractivity contribution in [2.45, 2.75) is 193 Å². The molecule has 0 heterocycles. The molecule has 0 aliphatic carbocycles. The summed E-state index contributed by atoms with van der Waals surface area (Å²) in [5.74, 6) is -0.222. The Balaban J connectivity index is 3.22. The predicted molar refractivity (Wildman–Crippen MR) is 164 cm³/mol. The number of carbonyl (C=O) groups is 1. The maximum atomic E-state index is 11.7. The second kappa shape index (κ2) is 32.6. The molecule has 0 saturated carbocycles. The van der Waals surface area contributed by atoms with Crippen LogP contribution in [-0.4, -0.2) is 37.0 Å². The lowest BCUT2D eigenvalue weighted by Gasteiger charge is -2.15. The van der Waals surface area contributed by atoms with E-state index in [4.69, 9.17) is 9.47 Å². The van der Waals surface area contributed by atoms with Crippen molar-refractivity contribution in [2.24, 2.45) is 0 Å². The van der Waals surface area contributed by atoms with Crippen LogP contribution in [-0.2, 0) is 14.3 Å². The van der Waals surface area contributed by atoms with Gasteiger partial charge in [-0.25, -0.2) is 0 Å². The molecule has 0 rings (SSSR count). The number of hydrogen-bond donors (Lipinski definition) is 1. The van der Waals surface area contributed by atoms with Gasteiger partial charge in [0.15, 0.2) is 0 Å². The van der Waals surface area contributed by atoms with Crippen molar-refractivity contribution in [3.8, 4) is 0 Å². The SMILES string of the molecule is CCCCCCCCCCCCCCCCCCCCCCCCCOCC(CO)OC(=O)CCCCC. The van der Waals surface area contributed by atoms with Crippen LogP contribution in [0, 0.1) is 0 Å². The molecular weight excluding hydrogens is 472 g/mol. The highest BCUT2D eigenvalue weighted by molar-refractivity contribution is 5.69. The van der Waals surface area contributed by atoms with Crippen molar-refractivity contribution in [1.29, 1.82) is 0 Å². The van der Waals surface area contributed by atoms with Gasteiger partial charge in [0.05, 0.1) is 13.2 Å². The second-order valence-corrected chi connectivity index (χ2v) is 11.6. The number of hydrogen-bond acceptors (Lipinski definition) is 4. The van der Waals surface area contributed by atoms with E-state index >= 15 is 0 Å². The van der Waals surface area contributed by atoms with Crippen molar-refractivity contribution in [3.63, 3.8) is 0 Å². The third-order valence-corrected chi connectivity index (χ3v) is 7.68. The van der Waals surface area contributed by atoms with Crippen LogP contribution in [0.3, 0.4) is 0 Å². The summed E-state index contributed by atoms with van der Waals surface area (Å²) in [7, 11) is 0. The zero-order valence-corrected chi connectivity index (χ0v) is 26.0. The van der Waals surface area contributed by atoms with E-state index in [-0.39, 0.29) is 12.6 Å². The van der Waals surface area contributed by atoms with Crippen molar-refractivity contribution < 1.29 is 19.4 Å². The van der Waals surface area contributed by atoms with E-state index in [9.17, 15) is 9.90 Å². The highest BCUT2D eigenvalue weighted by atomic mass is 16.6. The van der Waals surface area contributed by atoms with Crippen LogP contribution >= 0.6 is 0 Å². The first kappa shape index (κ1) is 37.4. The molecule has 228 valence electrons. The van der Waals surface area contributed by atoms with E-state index in [1.54, 1.807) is 0 Å². The number of rotatable bonds is 32. The highest BCUT2D eigenvalue weighted by Gasteiger charge is 2.13. The van der Waals surface area contributed by atoms with Crippen LogP contribution in [0.4, 0.5) is 0 Å². The standard InChI is InChI=1S/C34H68O4/c1-3-5-7-8-9-10-11-12-13-14-15-16-17-18-19-20-21-22-23-24-25-26-28-30-37-32-33(31-35)38-34(36)29-27-6-4-2/h33,35H,3-32H2,1-2H3. The summed E-state index contributed by atoms with van der Waals surface area (Å²) in [6.07, 6.45) is 35.0. The zero-order chi connectivity index (χ0) is 27.8. The predicted octanol–water partition coefficient (Wildman–Crippen LogP) is 10.5. The lowest BCUT2D eigenvalue weighted by Crippen LogP contribution is -2.27. The van der Waals surface area contributed by atoms with Crippen LogP contribution in [0.15, 0.2) is 0 Å². The fraction of sp³-hybridized carbons (Fsp3) is 0.971. The van der Waals surface area contributed by atoms with Gasteiger partial charge in [-0.05, 0) is 12.8 Å². The smallest absolute Gasteiger partial charge is 0.306 e. The molecule has 0 radical (unpaired) electrons. The quantitative estimate of drug-likeness (QED) is 0.0681. The molecule has 0 aromatic rings. The van der Waals surface area contributed by atoms with Gasteiger partial charge in [0.2, 0.25) is 0 Å². The average Bonchev–Trinajstić information content (AvgIpc) is 2.92. The minimum absolute atomic E-state index is 0.168. The van der Waals surface area contributed by atoms with Crippen molar-refractivity contribution in [2.75, 3.05) is 19.8 Å². The molecule has 1 N–H and O–H groups in total. The van der Waals surface area contributed by atoms with Gasteiger partial charge in [-0.1, -0.05) is 168 Å². The molecule has 4 heteroatoms. The minimum atomic E-state index is -0.520. The van der Waals surface area contributed by atoms with Gasteiger partial charge < -0.3 is 14.6 Å². The summed E-state index contributed by atoms with van der Waals surface area (Å²) in [5.41, 5.74) is 0. The van der Waals surface area contributed by atoms with Gasteiger partial charge in [0.25, 0.3) is 0 Å². The number of ether oxygens (including phenoxy) is 2. The number of esters is 1. The Kier molecular flexibility index (Phi) is 32.1. The van der Waals surface area contributed by atoms with E-state index in [2.05, 4.69) is 13.8 Å². The molecule has 0 aliphatic heterocycles. The van der Waals surface area contributed by atoms with E-state index in [0.717, 1.165) is 25.7 Å². The zero-order valence-electron chi connectivity index (χ0n) is 26.0. The normalized spacial score (nSPS) is 12.2. The first-order chi connectivity index (χ1) is 18.7. The van der Waals surface area contributed by atoms with Crippen LogP contribution in [0.1, 0.15) is 187 Å². The maximum absolute atomic E-state index is 11.7. The largest absolute Gasteiger partial charge is 0.457 e. The van der Waals surface area contributed by atoms with E-state index < -0.39 is 6.10 Å². The third-order valence-electron chi connectivity index (χ3n) is 7.68. The summed E-state index contributed by atoms with van der Waals surface area (Å²) >= 11 is 0. The van der Waals surface area contributed by atoms with E-state index in [0.29, 0.717) is 19.6 Å². The molecule has 0 saturated heterocycles. The Morgan fingerprint density at radius 1 is 0.526 bits per heavy atom. The first-order valence-electron chi connectivity index (χ1n) is 17.1. The van der Waals surface area contributed by atoms with Gasteiger partial charge in [-0.2, -0.15) is 0 Å². The summed E-state index contributed by atoms with van der Waals surface area (Å²) in [6, 6.07) is 0. The summed E-state index contributed by atoms with van der Waals surface area (Å²) in [6.45, 7) is 5.22. The van der Waals surface area contributed by atoms with Crippen LogP contribution in [0.5, 0.6) is 0 Å². The topological polar surface area (TPSA) is 55.8 Å². The number of unbranched alkanes of at least 4 members (excludes halogenated alkanes) is 24. The summed E-state index contributed by atoms with van der Waals surface area (Å²) in [4.78, 5) is 11.7. The summed E-state index contributed by atoms with van der Waals surface area (Å²) in [5, 5.41) is 9.38. The fourth-order valence-corrected chi connectivity index (χ4v) is 5.09. The van der Waals surface area contributed by atoms with Crippen LogP contribution < -0.4 is 0 Å². The van der Waals surface area contributed by atoms with Gasteiger partial charge in [-0.15, -0.1) is 0 Å². The molecule has 0 fully saturated rings. The fourth-order valence-electron chi connectivity index (χ4n) is 5.09. The molecule has 0 aliphatic rings. The Morgan fingerprint density at radius 2 is 0.868 bits per heavy atom. The number of aliphatic hydroxyl groups excluding tert-OH is 1. The van der Waals surface area contributed by atoms with E-state index in [1.165, 1.54) is 141 Å². The first-order valence-corrected chi connectivity index (χ1v) is 17.1. The minimum Gasteiger partial charge on any atom is -0.457 e. The maximum Gasteiger partial charge on any atom is 0.306 e. The van der Waals surface area contributed by atoms with Crippen molar-refractivity contribution in [1.82, 2.24) is 0 Å². The third kappa shape index (κ3) is 29.9. The van der Waals surface area contributed by atoms with Crippen molar-refractivity contribution in [3.05, 3.63) is 0 Å². The van der Waals surface area contributed by atoms with Gasteiger partial charge >= 0.3 is 5.97 Å². The monoisotopic (exact) mass is 541 g/mol. The molecule has 1 atom stereocenters. The van der Waals surface area contributed by atoms with Crippen molar-refractivity contribution >= 4 is 5.97 Å². The molecule has 38 heavy (non-hydrogen) atoms. The lowest BCUT2D eigenvalue weighted by molar-refractivity contribution is -0.154. The Hall–Kier alpha value is -0.610. The molecule has 0 bridgehead atoms. The second-order valence-electron chi connectivity index (χ2n) is 11.6. The molecule has 4 nitrogen and oxygen atoms in total. The Morgan fingerprint density at radius 3 is 1.24 bits per heavy atom. The number of carbonyl (C=O) groups excluding carboxylic acids is 1. The highest BCUT2D eigenvalue weighted by Crippen LogP contribution is 2.15. The van der Waals surface area contributed by atoms with Gasteiger partial charge in [-0.3, -0.25) is 4.79 Å². The molecule has 0 aromatic heterocycles. The Labute approximate surface area is 238 Å². The van der Waals surface area contributed by atoms with Gasteiger partial charge in [0.1, 0.15) is 6.10 Å². The lowest BCUT2D eigenvalue weighted by atomic mass is 10.0. The molecule has 1 unspecified atom stereocenters. The van der Waals surface area contributed by atoms with Crippen LogP contribution in [0.2, 0.25) is 0 Å². The van der Waals surface area contributed by atoms with Crippen LogP contribution in [0.25, 0.3) is 0 Å². The molecule has 0 amide bonds. The molecule has 0 spiro atoms. The van der Waals surface area contributed by atoms with E-state index in [1.807, 2.05) is 0 Å². The Bertz CT molecular complexity index is 454. The van der Waals surface area contributed by atoms with Gasteiger partial charge in [0, 0.05) is 13.0 Å². The average molecular weight is 541 g/mol. The molecular formula is C34H68O4. The summed E-state index contributed by atoms with van der Waals surface area (Å²) < 4.78 is 10.9. The number of aliphatic hydroxyl groups is 1.